The molecule has 0 radical (unpaired) electrons. The van der Waals surface area contributed by atoms with Gasteiger partial charge in [-0.3, -0.25) is 9.59 Å². The van der Waals surface area contributed by atoms with Crippen molar-refractivity contribution in [3.8, 4) is 0 Å². The van der Waals surface area contributed by atoms with Crippen molar-refractivity contribution in [1.82, 2.24) is 0 Å². The van der Waals surface area contributed by atoms with E-state index in [4.69, 9.17) is 5.11 Å². The number of carbonyl (C=O) groups excluding carboxylic acids is 1. The predicted molar refractivity (Wildman–Crippen MR) is 87.9 cm³/mol. The fourth-order valence-corrected chi connectivity index (χ4v) is 2.55. The number of hydrogen-bond donors (Lipinski definition) is 1. The van der Waals surface area contributed by atoms with Gasteiger partial charge < -0.3 is 5.11 Å². The van der Waals surface area contributed by atoms with Crippen LogP contribution in [0, 0.1) is 5.92 Å². The quantitative estimate of drug-likeness (QED) is 0.586. The van der Waals surface area contributed by atoms with Crippen LogP contribution < -0.4 is 0 Å². The molecule has 0 saturated carbocycles. The highest BCUT2D eigenvalue weighted by atomic mass is 16.4. The van der Waals surface area contributed by atoms with Gasteiger partial charge in [-0.1, -0.05) is 48.9 Å². The molecule has 22 heavy (non-hydrogen) atoms. The molecule has 1 N–H and O–H groups in total. The summed E-state index contributed by atoms with van der Waals surface area (Å²) in [5.74, 6) is -2.07. The molecule has 2 aromatic rings. The molecule has 3 heteroatoms. The molecule has 0 saturated heterocycles. The molecule has 0 amide bonds. The van der Waals surface area contributed by atoms with Gasteiger partial charge in [0.15, 0.2) is 0 Å². The summed E-state index contributed by atoms with van der Waals surface area (Å²) in [6, 6.07) is 14.8. The average Bonchev–Trinajstić information content (AvgIpc) is 2.53. The van der Waals surface area contributed by atoms with Crippen molar-refractivity contribution >= 4 is 22.5 Å². The number of carboxylic acids is 1. The second-order valence-corrected chi connectivity index (χ2v) is 5.77. The average molecular weight is 298 g/mol. The summed E-state index contributed by atoms with van der Waals surface area (Å²) < 4.78 is 0. The maximum atomic E-state index is 11.6. The number of carboxylic acid groups (broad SMARTS) is 1. The zero-order valence-electron chi connectivity index (χ0n) is 12.9. The number of carbonyl (C=O) groups is 2. The fraction of sp³-hybridized carbons (Fsp3) is 0.368. The smallest absolute Gasteiger partial charge is 0.313 e. The van der Waals surface area contributed by atoms with E-state index in [-0.39, 0.29) is 5.78 Å². The minimum absolute atomic E-state index is 0.168. The lowest BCUT2D eigenvalue weighted by Crippen LogP contribution is -2.20. The molecule has 0 heterocycles. The summed E-state index contributed by atoms with van der Waals surface area (Å²) in [6.07, 6.45) is 4.10. The molecule has 0 aromatic heterocycles. The highest BCUT2D eigenvalue weighted by Crippen LogP contribution is 2.17. The molecule has 2 rings (SSSR count). The van der Waals surface area contributed by atoms with Crippen LogP contribution in [0.1, 0.15) is 38.2 Å². The first-order valence-electron chi connectivity index (χ1n) is 7.81. The van der Waals surface area contributed by atoms with Crippen LogP contribution in [0.5, 0.6) is 0 Å². The Bertz CT molecular complexity index is 661. The van der Waals surface area contributed by atoms with E-state index in [0.717, 1.165) is 25.7 Å². The lowest BCUT2D eigenvalue weighted by molar-refractivity contribution is -0.145. The number of Topliss-reactive ketones (excluding diaryl/α,β-unsaturated/α-hetero) is 1. The third-order valence-electron chi connectivity index (χ3n) is 4.06. The number of aliphatic carboxylic acids is 1. The van der Waals surface area contributed by atoms with E-state index in [2.05, 4.69) is 30.3 Å². The third-order valence-corrected chi connectivity index (χ3v) is 4.06. The minimum Gasteiger partial charge on any atom is -0.481 e. The normalized spacial score (nSPS) is 12.2. The van der Waals surface area contributed by atoms with Gasteiger partial charge in [0.05, 0.1) is 0 Å². The van der Waals surface area contributed by atoms with Gasteiger partial charge in [0.1, 0.15) is 11.7 Å². The van der Waals surface area contributed by atoms with Gasteiger partial charge in [-0.2, -0.15) is 0 Å². The van der Waals surface area contributed by atoms with Crippen LogP contribution >= 0.6 is 0 Å². The molecule has 2 aromatic carbocycles. The van der Waals surface area contributed by atoms with E-state index in [1.54, 1.807) is 0 Å². The van der Waals surface area contributed by atoms with Gasteiger partial charge in [0.25, 0.3) is 0 Å². The monoisotopic (exact) mass is 298 g/mol. The summed E-state index contributed by atoms with van der Waals surface area (Å²) >= 11 is 0. The van der Waals surface area contributed by atoms with Crippen molar-refractivity contribution < 1.29 is 14.7 Å². The minimum atomic E-state index is -1.03. The SMILES string of the molecule is C[C@H](C(=O)O)C(=O)CCCCCc1ccc2ccccc2c1. The predicted octanol–water partition coefficient (Wildman–Crippen LogP) is 4.23. The zero-order chi connectivity index (χ0) is 15.9. The number of benzene rings is 2. The Hall–Kier alpha value is -2.16. The molecular formula is C19H22O3. The summed E-state index contributed by atoms with van der Waals surface area (Å²) in [7, 11) is 0. The first-order valence-corrected chi connectivity index (χ1v) is 7.81. The Kier molecular flexibility index (Phi) is 5.70. The van der Waals surface area contributed by atoms with E-state index < -0.39 is 11.9 Å². The molecule has 0 aliphatic rings. The summed E-state index contributed by atoms with van der Waals surface area (Å²) in [5.41, 5.74) is 1.31. The van der Waals surface area contributed by atoms with E-state index in [0.29, 0.717) is 6.42 Å². The van der Waals surface area contributed by atoms with Crippen molar-refractivity contribution in [3.63, 3.8) is 0 Å². The maximum Gasteiger partial charge on any atom is 0.313 e. The number of ketones is 1. The third kappa shape index (κ3) is 4.42. The maximum absolute atomic E-state index is 11.6. The van der Waals surface area contributed by atoms with Crippen LogP contribution in [0.15, 0.2) is 42.5 Å². The van der Waals surface area contributed by atoms with Crippen LogP contribution in [-0.2, 0) is 16.0 Å². The van der Waals surface area contributed by atoms with Crippen molar-refractivity contribution in [2.24, 2.45) is 5.92 Å². The van der Waals surface area contributed by atoms with Crippen molar-refractivity contribution in [2.75, 3.05) is 0 Å². The molecule has 0 fully saturated rings. The van der Waals surface area contributed by atoms with Gasteiger partial charge in [-0.05, 0) is 42.5 Å². The zero-order valence-corrected chi connectivity index (χ0v) is 12.9. The van der Waals surface area contributed by atoms with Crippen LogP contribution in [0.4, 0.5) is 0 Å². The summed E-state index contributed by atoms with van der Waals surface area (Å²) in [4.78, 5) is 22.3. The first-order chi connectivity index (χ1) is 10.6. The number of hydrogen-bond acceptors (Lipinski definition) is 2. The van der Waals surface area contributed by atoms with Crippen molar-refractivity contribution in [2.45, 2.75) is 39.0 Å². The molecule has 0 unspecified atom stereocenters. The lowest BCUT2D eigenvalue weighted by atomic mass is 9.99. The van der Waals surface area contributed by atoms with Gasteiger partial charge >= 0.3 is 5.97 Å². The lowest BCUT2D eigenvalue weighted by Gasteiger charge is -2.06. The van der Waals surface area contributed by atoms with E-state index in [1.807, 2.05) is 12.1 Å². The van der Waals surface area contributed by atoms with Crippen LogP contribution in [-0.4, -0.2) is 16.9 Å². The summed E-state index contributed by atoms with van der Waals surface area (Å²) in [6.45, 7) is 1.46. The largest absolute Gasteiger partial charge is 0.481 e. The van der Waals surface area contributed by atoms with Crippen LogP contribution in [0.3, 0.4) is 0 Å². The second-order valence-electron chi connectivity index (χ2n) is 5.77. The Labute approximate surface area is 131 Å². The van der Waals surface area contributed by atoms with E-state index >= 15 is 0 Å². The van der Waals surface area contributed by atoms with Gasteiger partial charge in [-0.25, -0.2) is 0 Å². The Balaban J connectivity index is 1.74. The highest BCUT2D eigenvalue weighted by Gasteiger charge is 2.19. The van der Waals surface area contributed by atoms with E-state index in [1.165, 1.54) is 23.3 Å². The number of unbranched alkanes of at least 4 members (excludes halogenated alkanes) is 2. The standard InChI is InChI=1S/C19H22O3/c1-14(19(21)22)18(20)10-4-2-3-7-15-11-12-16-8-5-6-9-17(16)13-15/h5-6,8-9,11-14H,2-4,7,10H2,1H3,(H,21,22)/t14-/m0/s1. The fourth-order valence-electron chi connectivity index (χ4n) is 2.55. The van der Waals surface area contributed by atoms with Crippen LogP contribution in [0.2, 0.25) is 0 Å². The second kappa shape index (κ2) is 7.74. The first kappa shape index (κ1) is 16.2. The van der Waals surface area contributed by atoms with Gasteiger partial charge in [-0.15, -0.1) is 0 Å². The molecule has 116 valence electrons. The van der Waals surface area contributed by atoms with E-state index in [9.17, 15) is 9.59 Å². The Morgan fingerprint density at radius 1 is 1.00 bits per heavy atom. The molecule has 0 spiro atoms. The number of fused-ring (bicyclic) bond motifs is 1. The van der Waals surface area contributed by atoms with Crippen molar-refractivity contribution in [1.29, 1.82) is 0 Å². The van der Waals surface area contributed by atoms with Crippen molar-refractivity contribution in [3.05, 3.63) is 48.0 Å². The molecule has 0 bridgehead atoms. The van der Waals surface area contributed by atoms with Gasteiger partial charge in [0, 0.05) is 6.42 Å². The molecule has 0 aliphatic heterocycles. The number of aryl methyl sites for hydroxylation is 1. The number of rotatable bonds is 8. The van der Waals surface area contributed by atoms with Gasteiger partial charge in [0.2, 0.25) is 0 Å². The Morgan fingerprint density at radius 3 is 2.45 bits per heavy atom. The molecule has 1 atom stereocenters. The molecular weight excluding hydrogens is 276 g/mol. The van der Waals surface area contributed by atoms with Crippen LogP contribution in [0.25, 0.3) is 10.8 Å². The Morgan fingerprint density at radius 2 is 1.73 bits per heavy atom. The molecule has 0 aliphatic carbocycles. The highest BCUT2D eigenvalue weighted by molar-refractivity contribution is 5.97. The topological polar surface area (TPSA) is 54.4 Å². The summed E-state index contributed by atoms with van der Waals surface area (Å²) in [5, 5.41) is 11.3. The molecule has 3 nitrogen and oxygen atoms in total.